The van der Waals surface area contributed by atoms with Crippen molar-refractivity contribution in [1.82, 2.24) is 0 Å². The number of anilines is 1. The Hall–Kier alpha value is -1.37. The average molecular weight is 442 g/mol. The van der Waals surface area contributed by atoms with Gasteiger partial charge in [0.05, 0.1) is 6.10 Å². The molecule has 0 fully saturated rings. The molecule has 1 N–H and O–H groups in total. The Labute approximate surface area is 193 Å². The van der Waals surface area contributed by atoms with Gasteiger partial charge in [0, 0.05) is 11.0 Å². The van der Waals surface area contributed by atoms with Gasteiger partial charge in [-0.1, -0.05) is 99.6 Å². The first-order valence-corrected chi connectivity index (χ1v) is 12.9. The van der Waals surface area contributed by atoms with Crippen LogP contribution in [-0.2, 0) is 20.8 Å². The molecule has 0 saturated heterocycles. The fourth-order valence-corrected chi connectivity index (χ4v) is 5.85. The molecule has 0 amide bonds. The highest BCUT2D eigenvalue weighted by atomic mass is 31.2. The molecular weight excluding hydrogens is 397 g/mol. The lowest BCUT2D eigenvalue weighted by Gasteiger charge is -2.37. The summed E-state index contributed by atoms with van der Waals surface area (Å²) in [7, 11) is -1.05. The molecule has 0 aromatic heterocycles. The van der Waals surface area contributed by atoms with E-state index < -0.39 is 8.30 Å². The third kappa shape index (κ3) is 6.80. The molecule has 0 aliphatic rings. The van der Waals surface area contributed by atoms with Crippen molar-refractivity contribution in [2.75, 3.05) is 5.09 Å². The molecule has 2 nitrogen and oxygen atoms in total. The van der Waals surface area contributed by atoms with E-state index in [1.54, 1.807) is 0 Å². The molecule has 2 rings (SSSR count). The lowest BCUT2D eigenvalue weighted by atomic mass is 9.75. The number of benzene rings is 2. The van der Waals surface area contributed by atoms with Gasteiger partial charge in [-0.2, -0.15) is 0 Å². The van der Waals surface area contributed by atoms with E-state index >= 15 is 0 Å². The molecular formula is C28H44NOP. The average Bonchev–Trinajstić information content (AvgIpc) is 2.65. The summed E-state index contributed by atoms with van der Waals surface area (Å²) in [5, 5.41) is 5.14. The Morgan fingerprint density at radius 2 is 1.29 bits per heavy atom. The first-order valence-electron chi connectivity index (χ1n) is 11.6. The summed E-state index contributed by atoms with van der Waals surface area (Å²) in [6.45, 7) is 25.2. The molecule has 0 radical (unpaired) electrons. The molecule has 2 unspecified atom stereocenters. The molecule has 3 heteroatoms. The van der Waals surface area contributed by atoms with E-state index in [4.69, 9.17) is 4.52 Å². The van der Waals surface area contributed by atoms with Crippen LogP contribution >= 0.6 is 8.30 Å². The van der Waals surface area contributed by atoms with Crippen LogP contribution in [0.3, 0.4) is 0 Å². The number of rotatable bonds is 6. The Balaban J connectivity index is 2.83. The summed E-state index contributed by atoms with van der Waals surface area (Å²) in [4.78, 5) is 0. The van der Waals surface area contributed by atoms with Gasteiger partial charge in [0.25, 0.3) is 0 Å². The molecule has 2 aromatic rings. The van der Waals surface area contributed by atoms with Crippen molar-refractivity contribution >= 4 is 19.3 Å². The predicted molar refractivity (Wildman–Crippen MR) is 140 cm³/mol. The summed E-state index contributed by atoms with van der Waals surface area (Å²) in [6.07, 6.45) is 1.18. The SMILES string of the molecule is CCC(C)OP(Nc1ccccc1)c1c(C(C)(C)C)cc(C(C)(C)C)cc1C(C)(C)C. The van der Waals surface area contributed by atoms with E-state index in [9.17, 15) is 0 Å². The van der Waals surface area contributed by atoms with Gasteiger partial charge >= 0.3 is 0 Å². The molecule has 0 aliphatic heterocycles. The summed E-state index contributed by atoms with van der Waals surface area (Å²) in [5.41, 5.74) is 5.39. The smallest absolute Gasteiger partial charge is 0.164 e. The highest BCUT2D eigenvalue weighted by Gasteiger charge is 2.34. The van der Waals surface area contributed by atoms with Crippen molar-refractivity contribution in [3.63, 3.8) is 0 Å². The second kappa shape index (κ2) is 9.63. The van der Waals surface area contributed by atoms with Crippen molar-refractivity contribution in [3.05, 3.63) is 59.2 Å². The molecule has 0 heterocycles. The van der Waals surface area contributed by atoms with Gasteiger partial charge in [0.2, 0.25) is 0 Å². The van der Waals surface area contributed by atoms with Gasteiger partial charge in [-0.05, 0) is 58.4 Å². The highest BCUT2D eigenvalue weighted by Crippen LogP contribution is 2.46. The Morgan fingerprint density at radius 3 is 1.68 bits per heavy atom. The third-order valence-electron chi connectivity index (χ3n) is 5.66. The molecule has 0 aliphatic carbocycles. The van der Waals surface area contributed by atoms with Crippen LogP contribution in [0.1, 0.15) is 99.3 Å². The number of para-hydroxylation sites is 1. The van der Waals surface area contributed by atoms with E-state index in [0.29, 0.717) is 0 Å². The van der Waals surface area contributed by atoms with Gasteiger partial charge in [-0.15, -0.1) is 0 Å². The first kappa shape index (κ1) is 25.9. The van der Waals surface area contributed by atoms with Crippen LogP contribution in [0, 0.1) is 0 Å². The van der Waals surface area contributed by atoms with Crippen molar-refractivity contribution in [1.29, 1.82) is 0 Å². The molecule has 2 aromatic carbocycles. The van der Waals surface area contributed by atoms with Crippen LogP contribution in [0.4, 0.5) is 5.69 Å². The summed E-state index contributed by atoms with van der Waals surface area (Å²) in [5.74, 6) is 0. The van der Waals surface area contributed by atoms with E-state index in [1.165, 1.54) is 22.0 Å². The van der Waals surface area contributed by atoms with Crippen LogP contribution < -0.4 is 10.4 Å². The quantitative estimate of drug-likeness (QED) is 0.454. The molecule has 2 atom stereocenters. The minimum Gasteiger partial charge on any atom is -0.339 e. The van der Waals surface area contributed by atoms with E-state index in [2.05, 4.69) is 124 Å². The van der Waals surface area contributed by atoms with Crippen LogP contribution in [-0.4, -0.2) is 6.10 Å². The molecule has 0 bridgehead atoms. The van der Waals surface area contributed by atoms with Gasteiger partial charge in [-0.25, -0.2) is 0 Å². The normalized spacial score (nSPS) is 14.9. The van der Waals surface area contributed by atoms with Crippen molar-refractivity contribution in [2.45, 2.75) is 105 Å². The maximum Gasteiger partial charge on any atom is 0.164 e. The topological polar surface area (TPSA) is 21.3 Å². The van der Waals surface area contributed by atoms with Crippen LogP contribution in [0.15, 0.2) is 42.5 Å². The molecule has 0 spiro atoms. The zero-order valence-electron chi connectivity index (χ0n) is 21.7. The van der Waals surface area contributed by atoms with Crippen LogP contribution in [0.2, 0.25) is 0 Å². The number of hydrogen-bond donors (Lipinski definition) is 1. The number of hydrogen-bond acceptors (Lipinski definition) is 2. The van der Waals surface area contributed by atoms with Crippen LogP contribution in [0.5, 0.6) is 0 Å². The van der Waals surface area contributed by atoms with Crippen molar-refractivity contribution in [2.24, 2.45) is 0 Å². The zero-order chi connectivity index (χ0) is 23.6. The number of nitrogens with one attached hydrogen (secondary N) is 1. The highest BCUT2D eigenvalue weighted by molar-refractivity contribution is 7.62. The lowest BCUT2D eigenvalue weighted by molar-refractivity contribution is 0.247. The third-order valence-corrected chi connectivity index (χ3v) is 7.58. The Morgan fingerprint density at radius 1 is 0.806 bits per heavy atom. The standard InChI is InChI=1S/C28H44NOP/c1-12-20(2)30-31(29-22-16-14-13-15-17-22)25-23(27(6,7)8)18-21(26(3,4)5)19-24(25)28(9,10)11/h13-20,29H,12H2,1-11H3. The van der Waals surface area contributed by atoms with E-state index in [0.717, 1.165) is 12.1 Å². The minimum absolute atomic E-state index is 0.00829. The Bertz CT molecular complexity index is 818. The van der Waals surface area contributed by atoms with E-state index in [-0.39, 0.29) is 22.3 Å². The van der Waals surface area contributed by atoms with Gasteiger partial charge in [-0.3, -0.25) is 0 Å². The summed E-state index contributed by atoms with van der Waals surface area (Å²) < 4.78 is 6.74. The van der Waals surface area contributed by atoms with Crippen molar-refractivity contribution < 1.29 is 4.52 Å². The summed E-state index contributed by atoms with van der Waals surface area (Å²) in [6, 6.07) is 15.4. The van der Waals surface area contributed by atoms with E-state index in [1.807, 2.05) is 0 Å². The zero-order valence-corrected chi connectivity index (χ0v) is 22.6. The van der Waals surface area contributed by atoms with Crippen LogP contribution in [0.25, 0.3) is 0 Å². The van der Waals surface area contributed by atoms with Gasteiger partial charge < -0.3 is 9.61 Å². The second-order valence-corrected chi connectivity index (χ2v) is 13.2. The molecule has 172 valence electrons. The lowest BCUT2D eigenvalue weighted by Crippen LogP contribution is -2.33. The largest absolute Gasteiger partial charge is 0.339 e. The van der Waals surface area contributed by atoms with Gasteiger partial charge in [0.15, 0.2) is 8.30 Å². The summed E-state index contributed by atoms with van der Waals surface area (Å²) >= 11 is 0. The first-order chi connectivity index (χ1) is 14.1. The fraction of sp³-hybridized carbons (Fsp3) is 0.571. The molecule has 0 saturated carbocycles. The maximum atomic E-state index is 6.74. The predicted octanol–water partition coefficient (Wildman–Crippen LogP) is 8.44. The fourth-order valence-electron chi connectivity index (χ4n) is 3.45. The second-order valence-electron chi connectivity index (χ2n) is 11.8. The minimum atomic E-state index is -1.05. The molecule has 31 heavy (non-hydrogen) atoms. The Kier molecular flexibility index (Phi) is 8.05. The van der Waals surface area contributed by atoms with Crippen molar-refractivity contribution in [3.8, 4) is 0 Å². The van der Waals surface area contributed by atoms with Gasteiger partial charge in [0.1, 0.15) is 0 Å². The maximum absolute atomic E-state index is 6.74. The monoisotopic (exact) mass is 441 g/mol.